The Morgan fingerprint density at radius 3 is 2.63 bits per heavy atom. The quantitative estimate of drug-likeness (QED) is 0.902. The van der Waals surface area contributed by atoms with E-state index in [-0.39, 0.29) is 5.91 Å². The number of thiazole rings is 1. The maximum atomic E-state index is 12.6. The molecule has 2 aliphatic rings. The van der Waals surface area contributed by atoms with E-state index in [2.05, 4.69) is 10.3 Å². The van der Waals surface area contributed by atoms with E-state index < -0.39 is 0 Å². The first-order chi connectivity index (χ1) is 9.16. The SMILES string of the molecule is CN(C)c1nc(C2CC2)c(C(=O)N2CCNCC2)s1. The average molecular weight is 280 g/mol. The van der Waals surface area contributed by atoms with Gasteiger partial charge in [0.05, 0.1) is 5.69 Å². The zero-order valence-corrected chi connectivity index (χ0v) is 12.3. The molecule has 0 aromatic carbocycles. The Morgan fingerprint density at radius 1 is 1.37 bits per heavy atom. The summed E-state index contributed by atoms with van der Waals surface area (Å²) in [6, 6.07) is 0. The van der Waals surface area contributed by atoms with Crippen LogP contribution in [-0.2, 0) is 0 Å². The molecule has 1 aliphatic heterocycles. The lowest BCUT2D eigenvalue weighted by Gasteiger charge is -2.27. The third-order valence-electron chi connectivity index (χ3n) is 3.59. The predicted molar refractivity (Wildman–Crippen MR) is 77.2 cm³/mol. The van der Waals surface area contributed by atoms with Crippen LogP contribution in [0.1, 0.15) is 34.1 Å². The van der Waals surface area contributed by atoms with Crippen molar-refractivity contribution < 1.29 is 4.79 Å². The summed E-state index contributed by atoms with van der Waals surface area (Å²) in [5.41, 5.74) is 1.04. The first-order valence-corrected chi connectivity index (χ1v) is 7.66. The highest BCUT2D eigenvalue weighted by atomic mass is 32.1. The number of rotatable bonds is 3. The molecular weight excluding hydrogens is 260 g/mol. The summed E-state index contributed by atoms with van der Waals surface area (Å²) >= 11 is 1.54. The molecular formula is C13H20N4OS. The molecule has 19 heavy (non-hydrogen) atoms. The van der Waals surface area contributed by atoms with Gasteiger partial charge < -0.3 is 15.1 Å². The summed E-state index contributed by atoms with van der Waals surface area (Å²) in [5.74, 6) is 0.695. The number of anilines is 1. The van der Waals surface area contributed by atoms with Crippen molar-refractivity contribution >= 4 is 22.4 Å². The number of carbonyl (C=O) groups excluding carboxylic acids is 1. The maximum Gasteiger partial charge on any atom is 0.266 e. The van der Waals surface area contributed by atoms with Crippen molar-refractivity contribution in [1.82, 2.24) is 15.2 Å². The molecule has 3 rings (SSSR count). The number of hydrogen-bond donors (Lipinski definition) is 1. The molecule has 5 nitrogen and oxygen atoms in total. The van der Waals surface area contributed by atoms with E-state index in [0.717, 1.165) is 41.9 Å². The van der Waals surface area contributed by atoms with Gasteiger partial charge in [0.15, 0.2) is 5.13 Å². The second-order valence-electron chi connectivity index (χ2n) is 5.42. The van der Waals surface area contributed by atoms with Crippen LogP contribution in [0.2, 0.25) is 0 Å². The number of aromatic nitrogens is 1. The number of hydrogen-bond acceptors (Lipinski definition) is 5. The Kier molecular flexibility index (Phi) is 3.45. The van der Waals surface area contributed by atoms with Crippen LogP contribution < -0.4 is 10.2 Å². The van der Waals surface area contributed by atoms with Gasteiger partial charge in [-0.2, -0.15) is 0 Å². The molecule has 0 spiro atoms. The molecule has 2 fully saturated rings. The van der Waals surface area contributed by atoms with Gasteiger partial charge in [-0.3, -0.25) is 4.79 Å². The van der Waals surface area contributed by atoms with Crippen LogP contribution in [0.25, 0.3) is 0 Å². The van der Waals surface area contributed by atoms with E-state index in [9.17, 15) is 4.79 Å². The topological polar surface area (TPSA) is 48.5 Å². The van der Waals surface area contributed by atoms with Crippen LogP contribution in [0.15, 0.2) is 0 Å². The van der Waals surface area contributed by atoms with Crippen molar-refractivity contribution in [2.75, 3.05) is 45.2 Å². The first-order valence-electron chi connectivity index (χ1n) is 6.85. The molecule has 1 saturated heterocycles. The fourth-order valence-corrected chi connectivity index (χ4v) is 3.35. The molecule has 1 N–H and O–H groups in total. The van der Waals surface area contributed by atoms with E-state index in [1.165, 1.54) is 12.8 Å². The average Bonchev–Trinajstić information content (AvgIpc) is 3.17. The Balaban J connectivity index is 1.87. The van der Waals surface area contributed by atoms with Gasteiger partial charge in [0.25, 0.3) is 5.91 Å². The highest BCUT2D eigenvalue weighted by Gasteiger charge is 2.34. The van der Waals surface area contributed by atoms with Gasteiger partial charge in [0, 0.05) is 46.2 Å². The predicted octanol–water partition coefficient (Wildman–Crippen LogP) is 1.13. The monoisotopic (exact) mass is 280 g/mol. The molecule has 2 heterocycles. The smallest absolute Gasteiger partial charge is 0.266 e. The lowest BCUT2D eigenvalue weighted by molar-refractivity contribution is 0.0739. The summed E-state index contributed by atoms with van der Waals surface area (Å²) in [4.78, 5) is 22.1. The number of nitrogens with one attached hydrogen (secondary N) is 1. The van der Waals surface area contributed by atoms with Crippen molar-refractivity contribution in [3.05, 3.63) is 10.6 Å². The van der Waals surface area contributed by atoms with Crippen LogP contribution in [0.5, 0.6) is 0 Å². The van der Waals surface area contributed by atoms with Crippen molar-refractivity contribution in [3.8, 4) is 0 Å². The molecule has 104 valence electrons. The summed E-state index contributed by atoms with van der Waals surface area (Å²) in [5, 5.41) is 4.22. The lowest BCUT2D eigenvalue weighted by atomic mass is 10.2. The van der Waals surface area contributed by atoms with Gasteiger partial charge in [-0.05, 0) is 12.8 Å². The van der Waals surface area contributed by atoms with Crippen LogP contribution in [0.4, 0.5) is 5.13 Å². The summed E-state index contributed by atoms with van der Waals surface area (Å²) in [6.45, 7) is 3.39. The normalized spacial score (nSPS) is 19.6. The zero-order valence-electron chi connectivity index (χ0n) is 11.5. The molecule has 1 saturated carbocycles. The van der Waals surface area contributed by atoms with Crippen LogP contribution in [0.3, 0.4) is 0 Å². The second kappa shape index (κ2) is 5.09. The van der Waals surface area contributed by atoms with Crippen LogP contribution >= 0.6 is 11.3 Å². The molecule has 6 heteroatoms. The molecule has 1 aromatic rings. The van der Waals surface area contributed by atoms with E-state index in [1.54, 1.807) is 11.3 Å². The van der Waals surface area contributed by atoms with E-state index in [4.69, 9.17) is 0 Å². The van der Waals surface area contributed by atoms with Crippen molar-refractivity contribution in [3.63, 3.8) is 0 Å². The summed E-state index contributed by atoms with van der Waals surface area (Å²) < 4.78 is 0. The Hall–Kier alpha value is -1.14. The number of piperazine rings is 1. The van der Waals surface area contributed by atoms with E-state index in [1.807, 2.05) is 23.9 Å². The lowest BCUT2D eigenvalue weighted by Crippen LogP contribution is -2.46. The van der Waals surface area contributed by atoms with Crippen LogP contribution in [0, 0.1) is 0 Å². The molecule has 0 unspecified atom stereocenters. The summed E-state index contributed by atoms with van der Waals surface area (Å²) in [6.07, 6.45) is 2.36. The molecule has 0 radical (unpaired) electrons. The van der Waals surface area contributed by atoms with Gasteiger partial charge >= 0.3 is 0 Å². The fraction of sp³-hybridized carbons (Fsp3) is 0.692. The van der Waals surface area contributed by atoms with Crippen molar-refractivity contribution in [2.24, 2.45) is 0 Å². The minimum atomic E-state index is 0.175. The Morgan fingerprint density at radius 2 is 2.05 bits per heavy atom. The maximum absolute atomic E-state index is 12.6. The summed E-state index contributed by atoms with van der Waals surface area (Å²) in [7, 11) is 3.96. The molecule has 0 bridgehead atoms. The minimum Gasteiger partial charge on any atom is -0.354 e. The zero-order chi connectivity index (χ0) is 13.4. The van der Waals surface area contributed by atoms with Gasteiger partial charge in [0.1, 0.15) is 4.88 Å². The van der Waals surface area contributed by atoms with Crippen LogP contribution in [-0.4, -0.2) is 56.1 Å². The minimum absolute atomic E-state index is 0.175. The number of carbonyl (C=O) groups is 1. The van der Waals surface area contributed by atoms with Crippen molar-refractivity contribution in [1.29, 1.82) is 0 Å². The Labute approximate surface area is 117 Å². The Bertz CT molecular complexity index is 475. The second-order valence-corrected chi connectivity index (χ2v) is 6.40. The van der Waals surface area contributed by atoms with Gasteiger partial charge in [0.2, 0.25) is 0 Å². The van der Waals surface area contributed by atoms with Gasteiger partial charge in [-0.1, -0.05) is 11.3 Å². The molecule has 1 aromatic heterocycles. The molecule has 0 atom stereocenters. The molecule has 1 aliphatic carbocycles. The number of amides is 1. The van der Waals surface area contributed by atoms with Gasteiger partial charge in [-0.25, -0.2) is 4.98 Å². The highest BCUT2D eigenvalue weighted by molar-refractivity contribution is 7.17. The first kappa shape index (κ1) is 12.9. The van der Waals surface area contributed by atoms with Crippen molar-refractivity contribution in [2.45, 2.75) is 18.8 Å². The third kappa shape index (κ3) is 2.60. The van der Waals surface area contributed by atoms with Gasteiger partial charge in [-0.15, -0.1) is 0 Å². The fourth-order valence-electron chi connectivity index (χ4n) is 2.31. The van der Waals surface area contributed by atoms with E-state index in [0.29, 0.717) is 5.92 Å². The van der Waals surface area contributed by atoms with E-state index >= 15 is 0 Å². The highest BCUT2D eigenvalue weighted by Crippen LogP contribution is 2.44. The third-order valence-corrected chi connectivity index (χ3v) is 4.81. The standard InChI is InChI=1S/C13H20N4OS/c1-16(2)13-15-10(9-3-4-9)11(19-13)12(18)17-7-5-14-6-8-17/h9,14H,3-8H2,1-2H3. The largest absolute Gasteiger partial charge is 0.354 e. The number of nitrogens with zero attached hydrogens (tertiary/aromatic N) is 3. The molecule has 1 amide bonds.